The molecular formula is C26H22F3N3O2. The molecule has 1 amide bonds. The second kappa shape index (κ2) is 9.05. The molecule has 0 saturated carbocycles. The molecule has 1 aromatic heterocycles. The summed E-state index contributed by atoms with van der Waals surface area (Å²) in [5.41, 5.74) is 2.79. The number of benzene rings is 3. The van der Waals surface area contributed by atoms with Gasteiger partial charge in [-0.2, -0.15) is 13.2 Å². The zero-order valence-electron chi connectivity index (χ0n) is 18.8. The summed E-state index contributed by atoms with van der Waals surface area (Å²) < 4.78 is 44.8. The number of oxazole rings is 1. The molecule has 1 N–H and O–H groups in total. The van der Waals surface area contributed by atoms with E-state index in [0.717, 1.165) is 23.4 Å². The highest BCUT2D eigenvalue weighted by atomic mass is 19.4. The van der Waals surface area contributed by atoms with Crippen molar-refractivity contribution in [2.45, 2.75) is 13.1 Å². The summed E-state index contributed by atoms with van der Waals surface area (Å²) >= 11 is 0. The van der Waals surface area contributed by atoms with Crippen LogP contribution in [0.2, 0.25) is 0 Å². The minimum absolute atomic E-state index is 0.0353. The van der Waals surface area contributed by atoms with Crippen molar-refractivity contribution in [3.8, 4) is 22.8 Å². The van der Waals surface area contributed by atoms with Gasteiger partial charge < -0.3 is 14.6 Å². The van der Waals surface area contributed by atoms with E-state index in [0.29, 0.717) is 16.8 Å². The number of hydrogen-bond acceptors (Lipinski definition) is 4. The van der Waals surface area contributed by atoms with Crippen molar-refractivity contribution < 1.29 is 22.4 Å². The van der Waals surface area contributed by atoms with Gasteiger partial charge in [-0.1, -0.05) is 17.7 Å². The van der Waals surface area contributed by atoms with E-state index >= 15 is 0 Å². The summed E-state index contributed by atoms with van der Waals surface area (Å²) in [6, 6.07) is 19.1. The van der Waals surface area contributed by atoms with Gasteiger partial charge in [-0.3, -0.25) is 4.79 Å². The van der Waals surface area contributed by atoms with Gasteiger partial charge in [-0.05, 0) is 67.6 Å². The summed E-state index contributed by atoms with van der Waals surface area (Å²) in [6.07, 6.45) is -4.45. The molecule has 0 spiro atoms. The Kier molecular flexibility index (Phi) is 6.15. The molecule has 34 heavy (non-hydrogen) atoms. The second-order valence-corrected chi connectivity index (χ2v) is 8.03. The monoisotopic (exact) mass is 465 g/mol. The molecule has 1 heterocycles. The third-order valence-electron chi connectivity index (χ3n) is 5.26. The summed E-state index contributed by atoms with van der Waals surface area (Å²) in [6.45, 7) is 1.94. The number of rotatable bonds is 5. The smallest absolute Gasteiger partial charge is 0.416 e. The summed E-state index contributed by atoms with van der Waals surface area (Å²) in [4.78, 5) is 19.4. The fourth-order valence-electron chi connectivity index (χ4n) is 3.33. The number of carbonyl (C=O) groups is 1. The Balaban J connectivity index is 1.74. The Bertz CT molecular complexity index is 1290. The normalized spacial score (nSPS) is 11.4. The van der Waals surface area contributed by atoms with E-state index in [1.165, 1.54) is 12.1 Å². The van der Waals surface area contributed by atoms with E-state index in [-0.39, 0.29) is 17.3 Å². The molecule has 0 unspecified atom stereocenters. The number of amides is 1. The van der Waals surface area contributed by atoms with Crippen LogP contribution in [-0.2, 0) is 6.18 Å². The van der Waals surface area contributed by atoms with E-state index in [9.17, 15) is 18.0 Å². The number of nitrogens with zero attached hydrogens (tertiary/aromatic N) is 2. The van der Waals surface area contributed by atoms with E-state index < -0.39 is 17.6 Å². The van der Waals surface area contributed by atoms with Gasteiger partial charge in [0.05, 0.1) is 5.56 Å². The van der Waals surface area contributed by atoms with Crippen LogP contribution in [0, 0.1) is 6.92 Å². The van der Waals surface area contributed by atoms with E-state index in [1.54, 1.807) is 24.3 Å². The quantitative estimate of drug-likeness (QED) is 0.358. The van der Waals surface area contributed by atoms with Crippen molar-refractivity contribution >= 4 is 17.3 Å². The number of aromatic nitrogens is 1. The van der Waals surface area contributed by atoms with Crippen molar-refractivity contribution in [3.63, 3.8) is 0 Å². The topological polar surface area (TPSA) is 58.4 Å². The van der Waals surface area contributed by atoms with Gasteiger partial charge >= 0.3 is 6.18 Å². The van der Waals surface area contributed by atoms with Crippen molar-refractivity contribution in [2.24, 2.45) is 0 Å². The van der Waals surface area contributed by atoms with Gasteiger partial charge in [0, 0.05) is 36.6 Å². The molecule has 0 aliphatic rings. The van der Waals surface area contributed by atoms with E-state index in [4.69, 9.17) is 4.42 Å². The zero-order valence-corrected chi connectivity index (χ0v) is 18.8. The molecule has 3 aromatic carbocycles. The minimum atomic E-state index is -4.45. The Morgan fingerprint density at radius 3 is 2.03 bits per heavy atom. The number of halogens is 3. The third kappa shape index (κ3) is 4.96. The van der Waals surface area contributed by atoms with Crippen molar-refractivity contribution in [1.82, 2.24) is 4.98 Å². The van der Waals surface area contributed by atoms with Crippen LogP contribution in [0.4, 0.5) is 24.5 Å². The van der Waals surface area contributed by atoms with Crippen LogP contribution in [0.25, 0.3) is 22.8 Å². The van der Waals surface area contributed by atoms with Crippen LogP contribution in [-0.4, -0.2) is 25.0 Å². The number of anilines is 2. The van der Waals surface area contributed by atoms with E-state index in [1.807, 2.05) is 50.2 Å². The highest BCUT2D eigenvalue weighted by Gasteiger charge is 2.30. The SMILES string of the molecule is Cc1ccc(NC(=O)c2nc(-c3ccc(C(F)(F)F)cc3)oc2-c2ccc(N(C)C)cc2)cc1. The Morgan fingerprint density at radius 1 is 0.882 bits per heavy atom. The fraction of sp³-hybridized carbons (Fsp3) is 0.154. The molecule has 174 valence electrons. The highest BCUT2D eigenvalue weighted by Crippen LogP contribution is 2.34. The molecule has 0 atom stereocenters. The number of aryl methyl sites for hydroxylation is 1. The molecule has 0 saturated heterocycles. The zero-order chi connectivity index (χ0) is 24.5. The summed E-state index contributed by atoms with van der Waals surface area (Å²) in [5.74, 6) is -0.211. The van der Waals surface area contributed by atoms with Gasteiger partial charge in [0.15, 0.2) is 11.5 Å². The first-order chi connectivity index (χ1) is 16.1. The van der Waals surface area contributed by atoms with Crippen LogP contribution in [0.15, 0.2) is 77.2 Å². The average molecular weight is 465 g/mol. The van der Waals surface area contributed by atoms with Gasteiger partial charge in [-0.15, -0.1) is 0 Å². The predicted molar refractivity (Wildman–Crippen MR) is 126 cm³/mol. The molecule has 0 fully saturated rings. The van der Waals surface area contributed by atoms with Crippen molar-refractivity contribution in [1.29, 1.82) is 0 Å². The molecule has 4 aromatic rings. The van der Waals surface area contributed by atoms with Gasteiger partial charge in [-0.25, -0.2) is 4.98 Å². The maximum atomic E-state index is 13.1. The van der Waals surface area contributed by atoms with Crippen LogP contribution in [0.1, 0.15) is 21.6 Å². The lowest BCUT2D eigenvalue weighted by atomic mass is 10.1. The Morgan fingerprint density at radius 2 is 1.47 bits per heavy atom. The summed E-state index contributed by atoms with van der Waals surface area (Å²) in [7, 11) is 3.82. The molecule has 4 rings (SSSR count). The fourth-order valence-corrected chi connectivity index (χ4v) is 3.33. The lowest BCUT2D eigenvalue weighted by Crippen LogP contribution is -2.13. The molecule has 5 nitrogen and oxygen atoms in total. The predicted octanol–water partition coefficient (Wildman–Crippen LogP) is 6.65. The molecular weight excluding hydrogens is 443 g/mol. The Labute approximate surface area is 194 Å². The maximum Gasteiger partial charge on any atom is 0.416 e. The number of carbonyl (C=O) groups excluding carboxylic acids is 1. The van der Waals surface area contributed by atoms with Crippen LogP contribution < -0.4 is 10.2 Å². The maximum absolute atomic E-state index is 13.1. The molecule has 0 bridgehead atoms. The first-order valence-corrected chi connectivity index (χ1v) is 10.5. The molecule has 0 radical (unpaired) electrons. The standard InChI is InChI=1S/C26H22F3N3O2/c1-16-4-12-20(13-5-16)30-24(33)22-23(17-8-14-21(15-9-17)32(2)3)34-25(31-22)18-6-10-19(11-7-18)26(27,28)29/h4-15H,1-3H3,(H,30,33). The number of alkyl halides is 3. The lowest BCUT2D eigenvalue weighted by Gasteiger charge is -2.12. The first kappa shape index (κ1) is 23.1. The first-order valence-electron chi connectivity index (χ1n) is 10.5. The van der Waals surface area contributed by atoms with Gasteiger partial charge in [0.1, 0.15) is 0 Å². The highest BCUT2D eigenvalue weighted by molar-refractivity contribution is 6.06. The minimum Gasteiger partial charge on any atom is -0.435 e. The van der Waals surface area contributed by atoms with Crippen LogP contribution in [0.5, 0.6) is 0 Å². The number of hydrogen-bond donors (Lipinski definition) is 1. The van der Waals surface area contributed by atoms with Crippen molar-refractivity contribution in [2.75, 3.05) is 24.3 Å². The molecule has 0 aliphatic heterocycles. The second-order valence-electron chi connectivity index (χ2n) is 8.03. The third-order valence-corrected chi connectivity index (χ3v) is 5.26. The van der Waals surface area contributed by atoms with Crippen LogP contribution in [0.3, 0.4) is 0 Å². The van der Waals surface area contributed by atoms with Crippen LogP contribution >= 0.6 is 0 Å². The molecule has 0 aliphatic carbocycles. The lowest BCUT2D eigenvalue weighted by molar-refractivity contribution is -0.137. The Hall–Kier alpha value is -4.07. The molecule has 8 heteroatoms. The largest absolute Gasteiger partial charge is 0.435 e. The van der Waals surface area contributed by atoms with Crippen molar-refractivity contribution in [3.05, 3.63) is 89.6 Å². The van der Waals surface area contributed by atoms with Gasteiger partial charge in [0.25, 0.3) is 5.91 Å². The number of nitrogens with one attached hydrogen (secondary N) is 1. The average Bonchev–Trinajstić information content (AvgIpc) is 3.26. The summed E-state index contributed by atoms with van der Waals surface area (Å²) in [5, 5.41) is 2.80. The van der Waals surface area contributed by atoms with E-state index in [2.05, 4.69) is 10.3 Å². The van der Waals surface area contributed by atoms with Gasteiger partial charge in [0.2, 0.25) is 5.89 Å².